The van der Waals surface area contributed by atoms with E-state index in [2.05, 4.69) is 55.2 Å². The number of hydrogen-bond donors (Lipinski definition) is 12. The minimum atomic E-state index is -1.20. The van der Waals surface area contributed by atoms with Crippen molar-refractivity contribution in [2.45, 2.75) is 114 Å². The Hall–Kier alpha value is -5.09. The van der Waals surface area contributed by atoms with E-state index in [1.165, 1.54) is 5.48 Å². The zero-order valence-corrected chi connectivity index (χ0v) is 36.9. The smallest absolute Gasteiger partial charge is 0.315 e. The largest absolute Gasteiger partial charge is 0.368 e. The van der Waals surface area contributed by atoms with Crippen LogP contribution in [0.2, 0.25) is 0 Å². The average molecular weight is 907 g/mol. The summed E-state index contributed by atoms with van der Waals surface area (Å²) in [4.78, 5) is 113. The lowest BCUT2D eigenvalue weighted by Crippen LogP contribution is -2.56. The predicted octanol–water partition coefficient (Wildman–Crippen LogP) is -1.10. The van der Waals surface area contributed by atoms with Crippen LogP contribution in [-0.2, 0) is 44.8 Å². The normalized spacial score (nSPS) is 18.4. The minimum Gasteiger partial charge on any atom is -0.368 e. The zero-order chi connectivity index (χ0) is 45.6. The monoisotopic (exact) mass is 906 g/mol. The van der Waals surface area contributed by atoms with Gasteiger partial charge in [0.05, 0.1) is 25.2 Å². The van der Waals surface area contributed by atoms with Gasteiger partial charge in [0.25, 0.3) is 0 Å². The molecule has 20 nitrogen and oxygen atoms in total. The number of hydroxylamine groups is 1. The molecule has 62 heavy (non-hydrogen) atoms. The molecule has 1 unspecified atom stereocenters. The summed E-state index contributed by atoms with van der Waals surface area (Å²) < 4.78 is 0. The molecule has 344 valence electrons. The lowest BCUT2D eigenvalue weighted by Gasteiger charge is -2.24. The van der Waals surface area contributed by atoms with Gasteiger partial charge < -0.3 is 48.3 Å². The Balaban J connectivity index is 1.39. The van der Waals surface area contributed by atoms with E-state index in [1.807, 2.05) is 25.6 Å². The number of nitrogens with two attached hydrogens (primary N) is 1. The summed E-state index contributed by atoms with van der Waals surface area (Å²) in [5.74, 6) is -5.23. The van der Waals surface area contributed by atoms with Gasteiger partial charge in [-0.25, -0.2) is 10.3 Å². The molecule has 0 aromatic heterocycles. The molecule has 0 bridgehead atoms. The predicted molar refractivity (Wildman–Crippen MR) is 233 cm³/mol. The number of thioether (sulfide) groups is 1. The van der Waals surface area contributed by atoms with E-state index >= 15 is 0 Å². The first-order valence-corrected chi connectivity index (χ1v) is 22.5. The molecule has 2 aliphatic rings. The Bertz CT molecular complexity index is 1710. The van der Waals surface area contributed by atoms with E-state index in [9.17, 15) is 43.2 Å². The fourth-order valence-electron chi connectivity index (χ4n) is 7.06. The number of benzene rings is 1. The zero-order valence-electron chi connectivity index (χ0n) is 35.2. The number of fused-ring (bicyclic) bond motifs is 1. The molecule has 22 heteroatoms. The fourth-order valence-corrected chi connectivity index (χ4v) is 8.86. The highest BCUT2D eigenvalue weighted by Crippen LogP contribution is 2.33. The SMILES string of the molecule is CC(C)CC(CC(=O)NO)C(=O)N[C@@H](CS)C(=O)N[C@@H](Cc1ccccc1)C(=O)NCC(=O)NCC(=O)N[C@@H](CCCCNC(=O)CCCC[C@@H]1SC[C@@H]2NC(=O)N[C@@H]21)C(N)=O. The number of primary amides is 1. The molecule has 2 aliphatic heterocycles. The summed E-state index contributed by atoms with van der Waals surface area (Å²) in [5.41, 5.74) is 7.68. The topological polar surface area (TPSA) is 308 Å². The first-order valence-electron chi connectivity index (χ1n) is 20.9. The first kappa shape index (κ1) is 51.3. The molecule has 0 spiro atoms. The first-order chi connectivity index (χ1) is 29.6. The molecule has 3 rings (SSSR count). The van der Waals surface area contributed by atoms with Crippen LogP contribution in [-0.4, -0.2) is 125 Å². The third-order valence-electron chi connectivity index (χ3n) is 10.3. The number of nitrogens with one attached hydrogen (secondary N) is 9. The molecule has 2 fully saturated rings. The van der Waals surface area contributed by atoms with E-state index in [0.29, 0.717) is 43.0 Å². The van der Waals surface area contributed by atoms with Crippen LogP contribution in [0.4, 0.5) is 4.79 Å². The standard InChI is InChI=1S/C40H62N10O10S2/c1-23(2)16-25(18-32(52)50-60)37(56)47-28(21-61)39(58)46-27(17-24-10-4-3-5-11-24)38(57)44-19-33(53)43-20-34(54)45-26(36(41)55)12-8-9-15-42-31(51)14-7-6-13-30-35-29(22-62-30)48-40(59)49-35/h3-5,10-11,23,25-30,35,60-61H,6-9,12-22H2,1-2H3,(H2,41,55)(H,42,51)(H,43,53)(H,44,57)(H,45,54)(H,46,58)(H,47,56)(H,50,52)(H2,48,49,59)/t25?,26-,27-,28-,29-,30-,35-/m0/s1. The average Bonchev–Trinajstić information content (AvgIpc) is 3.80. The number of hydrogen-bond acceptors (Lipinski definition) is 12. The van der Waals surface area contributed by atoms with Gasteiger partial charge in [0.15, 0.2) is 0 Å². The van der Waals surface area contributed by atoms with E-state index < -0.39 is 78.5 Å². The molecule has 2 heterocycles. The molecule has 7 atom stereocenters. The number of urea groups is 1. The quantitative estimate of drug-likeness (QED) is 0.0158. The molecule has 0 radical (unpaired) electrons. The maximum atomic E-state index is 13.4. The number of carbonyl (C=O) groups is 9. The third-order valence-corrected chi connectivity index (χ3v) is 12.2. The van der Waals surface area contributed by atoms with Crippen LogP contribution in [0.5, 0.6) is 0 Å². The van der Waals surface area contributed by atoms with Crippen molar-refractivity contribution < 1.29 is 48.4 Å². The van der Waals surface area contributed by atoms with Gasteiger partial charge in [0.2, 0.25) is 47.3 Å². The van der Waals surface area contributed by atoms with Crippen molar-refractivity contribution in [1.29, 1.82) is 0 Å². The lowest BCUT2D eigenvalue weighted by molar-refractivity contribution is -0.136. The summed E-state index contributed by atoms with van der Waals surface area (Å²) in [5, 5.41) is 30.5. The number of carbonyl (C=O) groups excluding carboxylic acids is 9. The molecular weight excluding hydrogens is 845 g/mol. The van der Waals surface area contributed by atoms with Gasteiger partial charge in [-0.2, -0.15) is 24.4 Å². The molecule has 0 saturated carbocycles. The molecular formula is C40H62N10O10S2. The van der Waals surface area contributed by atoms with Gasteiger partial charge in [-0.1, -0.05) is 50.6 Å². The Morgan fingerprint density at radius 3 is 2.19 bits per heavy atom. The summed E-state index contributed by atoms with van der Waals surface area (Å²) in [6.45, 7) is 3.00. The van der Waals surface area contributed by atoms with Gasteiger partial charge in [0.1, 0.15) is 18.1 Å². The Morgan fingerprint density at radius 1 is 0.806 bits per heavy atom. The highest BCUT2D eigenvalue weighted by molar-refractivity contribution is 8.00. The van der Waals surface area contributed by atoms with Crippen LogP contribution < -0.4 is 53.7 Å². The van der Waals surface area contributed by atoms with E-state index in [-0.39, 0.29) is 55.0 Å². The summed E-state index contributed by atoms with van der Waals surface area (Å²) in [6.07, 6.45) is 4.11. The van der Waals surface area contributed by atoms with Crippen molar-refractivity contribution in [3.63, 3.8) is 0 Å². The highest BCUT2D eigenvalue weighted by Gasteiger charge is 2.42. The Morgan fingerprint density at radius 2 is 1.52 bits per heavy atom. The van der Waals surface area contributed by atoms with Gasteiger partial charge in [-0.05, 0) is 50.0 Å². The van der Waals surface area contributed by atoms with Crippen molar-refractivity contribution in [1.82, 2.24) is 48.0 Å². The second-order valence-corrected chi connectivity index (χ2v) is 17.4. The van der Waals surface area contributed by atoms with Crippen LogP contribution in [0.1, 0.15) is 77.2 Å². The molecule has 1 aromatic carbocycles. The number of rotatable bonds is 28. The number of thiol groups is 1. The second kappa shape index (κ2) is 27.1. The van der Waals surface area contributed by atoms with Crippen molar-refractivity contribution in [2.75, 3.05) is 31.1 Å². The third kappa shape index (κ3) is 18.5. The Labute approximate surface area is 371 Å². The van der Waals surface area contributed by atoms with Crippen molar-refractivity contribution >= 4 is 77.7 Å². The number of unbranched alkanes of at least 4 members (excludes halogenated alkanes) is 2. The van der Waals surface area contributed by atoms with Gasteiger partial charge in [0, 0.05) is 48.5 Å². The van der Waals surface area contributed by atoms with Gasteiger partial charge in [-0.3, -0.25) is 43.6 Å². The van der Waals surface area contributed by atoms with Gasteiger partial charge in [-0.15, -0.1) is 0 Å². The summed E-state index contributed by atoms with van der Waals surface area (Å²) >= 11 is 6.04. The van der Waals surface area contributed by atoms with Crippen LogP contribution >= 0.6 is 24.4 Å². The maximum absolute atomic E-state index is 13.4. The van der Waals surface area contributed by atoms with Crippen LogP contribution in [0, 0.1) is 11.8 Å². The maximum Gasteiger partial charge on any atom is 0.315 e. The van der Waals surface area contributed by atoms with Crippen molar-refractivity contribution in [3.05, 3.63) is 35.9 Å². The molecule has 12 N–H and O–H groups in total. The van der Waals surface area contributed by atoms with Crippen molar-refractivity contribution in [2.24, 2.45) is 17.6 Å². The van der Waals surface area contributed by atoms with E-state index in [1.54, 1.807) is 30.3 Å². The lowest BCUT2D eigenvalue weighted by atomic mass is 9.92. The minimum absolute atomic E-state index is 0.0156. The fraction of sp³-hybridized carbons (Fsp3) is 0.625. The Kier molecular flexibility index (Phi) is 22.4. The van der Waals surface area contributed by atoms with Gasteiger partial charge >= 0.3 is 6.03 Å². The van der Waals surface area contributed by atoms with Crippen LogP contribution in [0.25, 0.3) is 0 Å². The summed E-state index contributed by atoms with van der Waals surface area (Å²) in [6, 6.07) is 5.51. The van der Waals surface area contributed by atoms with E-state index in [4.69, 9.17) is 10.9 Å². The highest BCUT2D eigenvalue weighted by atomic mass is 32.2. The molecule has 2 saturated heterocycles. The molecule has 10 amide bonds. The van der Waals surface area contributed by atoms with Crippen molar-refractivity contribution in [3.8, 4) is 0 Å². The molecule has 0 aliphatic carbocycles. The summed E-state index contributed by atoms with van der Waals surface area (Å²) in [7, 11) is 0. The van der Waals surface area contributed by atoms with Crippen LogP contribution in [0.15, 0.2) is 30.3 Å². The second-order valence-electron chi connectivity index (χ2n) is 15.8. The molecule has 1 aromatic rings. The van der Waals surface area contributed by atoms with E-state index in [0.717, 1.165) is 25.0 Å². The number of amides is 10. The van der Waals surface area contributed by atoms with Crippen LogP contribution in [0.3, 0.4) is 0 Å².